The third-order valence-corrected chi connectivity index (χ3v) is 1.85. The molecule has 0 aromatic heterocycles. The zero-order chi connectivity index (χ0) is 7.94. The standard InChI is InChI=1S/C10H16O/c1-2-3-4-5-9-11-10-7-6-8-10/h2,7H,1,3-6,8-9H2. The van der Waals surface area contributed by atoms with Crippen molar-refractivity contribution in [3.05, 3.63) is 24.5 Å². The summed E-state index contributed by atoms with van der Waals surface area (Å²) < 4.78 is 5.45. The van der Waals surface area contributed by atoms with Gasteiger partial charge in [0, 0.05) is 6.42 Å². The van der Waals surface area contributed by atoms with Gasteiger partial charge >= 0.3 is 0 Å². The summed E-state index contributed by atoms with van der Waals surface area (Å²) in [4.78, 5) is 0. The van der Waals surface area contributed by atoms with E-state index in [0.29, 0.717) is 0 Å². The van der Waals surface area contributed by atoms with Crippen molar-refractivity contribution < 1.29 is 4.74 Å². The Labute approximate surface area is 68.8 Å². The van der Waals surface area contributed by atoms with Gasteiger partial charge in [0.2, 0.25) is 0 Å². The minimum Gasteiger partial charge on any atom is -0.498 e. The van der Waals surface area contributed by atoms with Crippen LogP contribution < -0.4 is 0 Å². The van der Waals surface area contributed by atoms with Crippen molar-refractivity contribution >= 4 is 0 Å². The summed E-state index contributed by atoms with van der Waals surface area (Å²) in [5, 5.41) is 0. The minimum atomic E-state index is 0.889. The predicted octanol–water partition coefficient (Wildman–Crippen LogP) is 3.04. The zero-order valence-corrected chi connectivity index (χ0v) is 7.01. The summed E-state index contributed by atoms with van der Waals surface area (Å²) in [6.07, 6.45) is 9.96. The highest BCUT2D eigenvalue weighted by Gasteiger charge is 2.04. The maximum atomic E-state index is 5.45. The van der Waals surface area contributed by atoms with Crippen LogP contribution >= 0.6 is 0 Å². The first-order valence-corrected chi connectivity index (χ1v) is 4.36. The van der Waals surface area contributed by atoms with E-state index in [2.05, 4.69) is 12.7 Å². The Morgan fingerprint density at radius 1 is 1.55 bits per heavy atom. The summed E-state index contributed by atoms with van der Waals surface area (Å²) in [6, 6.07) is 0. The molecule has 0 fully saturated rings. The second-order valence-electron chi connectivity index (χ2n) is 2.84. The van der Waals surface area contributed by atoms with E-state index in [-0.39, 0.29) is 0 Å². The first-order chi connectivity index (χ1) is 5.43. The zero-order valence-electron chi connectivity index (χ0n) is 7.01. The van der Waals surface area contributed by atoms with Crippen molar-refractivity contribution in [3.63, 3.8) is 0 Å². The van der Waals surface area contributed by atoms with Gasteiger partial charge in [-0.15, -0.1) is 6.58 Å². The van der Waals surface area contributed by atoms with Gasteiger partial charge in [-0.3, -0.25) is 0 Å². The minimum absolute atomic E-state index is 0.889. The number of allylic oxidation sites excluding steroid dienone is 3. The van der Waals surface area contributed by atoms with Crippen LogP contribution in [0.3, 0.4) is 0 Å². The Hall–Kier alpha value is -0.720. The number of ether oxygens (including phenoxy) is 1. The van der Waals surface area contributed by atoms with Crippen molar-refractivity contribution in [1.82, 2.24) is 0 Å². The van der Waals surface area contributed by atoms with E-state index in [1.165, 1.54) is 18.6 Å². The molecule has 0 spiro atoms. The van der Waals surface area contributed by atoms with Crippen LogP contribution in [0.4, 0.5) is 0 Å². The topological polar surface area (TPSA) is 9.23 Å². The normalized spacial score (nSPS) is 15.1. The van der Waals surface area contributed by atoms with E-state index in [0.717, 1.165) is 25.9 Å². The molecular weight excluding hydrogens is 136 g/mol. The molecule has 0 saturated heterocycles. The van der Waals surface area contributed by atoms with E-state index < -0.39 is 0 Å². The second kappa shape index (κ2) is 5.00. The van der Waals surface area contributed by atoms with Crippen molar-refractivity contribution in [2.24, 2.45) is 0 Å². The molecule has 0 saturated carbocycles. The molecule has 1 nitrogen and oxygen atoms in total. The number of hydrogen-bond acceptors (Lipinski definition) is 1. The molecule has 62 valence electrons. The number of hydrogen-bond donors (Lipinski definition) is 0. The third-order valence-electron chi connectivity index (χ3n) is 1.85. The molecule has 1 aliphatic rings. The lowest BCUT2D eigenvalue weighted by Gasteiger charge is -2.15. The number of unbranched alkanes of at least 4 members (excludes halogenated alkanes) is 2. The van der Waals surface area contributed by atoms with Gasteiger partial charge < -0.3 is 4.74 Å². The fourth-order valence-corrected chi connectivity index (χ4v) is 0.987. The van der Waals surface area contributed by atoms with Crippen LogP contribution in [0.2, 0.25) is 0 Å². The highest BCUT2D eigenvalue weighted by Crippen LogP contribution is 2.18. The third kappa shape index (κ3) is 3.26. The highest BCUT2D eigenvalue weighted by molar-refractivity contribution is 5.04. The molecular formula is C10H16O. The smallest absolute Gasteiger partial charge is 0.0923 e. The predicted molar refractivity (Wildman–Crippen MR) is 47.3 cm³/mol. The monoisotopic (exact) mass is 152 g/mol. The van der Waals surface area contributed by atoms with Crippen LogP contribution in [0.1, 0.15) is 32.1 Å². The fourth-order valence-electron chi connectivity index (χ4n) is 0.987. The van der Waals surface area contributed by atoms with Crippen LogP contribution in [-0.2, 0) is 4.74 Å². The molecule has 0 aromatic carbocycles. The molecule has 1 rings (SSSR count). The molecule has 0 heterocycles. The number of rotatable bonds is 6. The summed E-state index contributed by atoms with van der Waals surface area (Å²) >= 11 is 0. The molecule has 0 N–H and O–H groups in total. The van der Waals surface area contributed by atoms with Gasteiger partial charge in [0.25, 0.3) is 0 Å². The highest BCUT2D eigenvalue weighted by atomic mass is 16.5. The molecule has 0 amide bonds. The largest absolute Gasteiger partial charge is 0.498 e. The average molecular weight is 152 g/mol. The lowest BCUT2D eigenvalue weighted by Crippen LogP contribution is -2.00. The van der Waals surface area contributed by atoms with Gasteiger partial charge in [0.15, 0.2) is 0 Å². The molecule has 0 radical (unpaired) electrons. The lowest BCUT2D eigenvalue weighted by molar-refractivity contribution is 0.185. The van der Waals surface area contributed by atoms with Crippen LogP contribution in [0, 0.1) is 0 Å². The van der Waals surface area contributed by atoms with Gasteiger partial charge in [-0.1, -0.05) is 6.08 Å². The summed E-state index contributed by atoms with van der Waals surface area (Å²) in [7, 11) is 0. The fraction of sp³-hybridized carbons (Fsp3) is 0.600. The van der Waals surface area contributed by atoms with Crippen molar-refractivity contribution in [1.29, 1.82) is 0 Å². The van der Waals surface area contributed by atoms with Crippen LogP contribution in [0.15, 0.2) is 24.5 Å². The van der Waals surface area contributed by atoms with Gasteiger partial charge in [-0.05, 0) is 31.8 Å². The van der Waals surface area contributed by atoms with E-state index in [4.69, 9.17) is 4.74 Å². The van der Waals surface area contributed by atoms with Gasteiger partial charge in [-0.25, -0.2) is 0 Å². The van der Waals surface area contributed by atoms with Crippen molar-refractivity contribution in [3.8, 4) is 0 Å². The maximum Gasteiger partial charge on any atom is 0.0923 e. The van der Waals surface area contributed by atoms with Crippen LogP contribution in [0.5, 0.6) is 0 Å². The molecule has 0 unspecified atom stereocenters. The lowest BCUT2D eigenvalue weighted by atomic mass is 10.1. The maximum absolute atomic E-state index is 5.45. The van der Waals surface area contributed by atoms with Crippen molar-refractivity contribution in [2.75, 3.05) is 6.61 Å². The van der Waals surface area contributed by atoms with E-state index >= 15 is 0 Å². The Bertz CT molecular complexity index is 147. The van der Waals surface area contributed by atoms with Gasteiger partial charge in [0.1, 0.15) is 0 Å². The Balaban J connectivity index is 1.84. The van der Waals surface area contributed by atoms with Crippen LogP contribution in [0.25, 0.3) is 0 Å². The second-order valence-corrected chi connectivity index (χ2v) is 2.84. The van der Waals surface area contributed by atoms with Crippen LogP contribution in [-0.4, -0.2) is 6.61 Å². The quantitative estimate of drug-likeness (QED) is 0.420. The van der Waals surface area contributed by atoms with Crippen molar-refractivity contribution in [2.45, 2.75) is 32.1 Å². The summed E-state index contributed by atoms with van der Waals surface area (Å²) in [6.45, 7) is 4.56. The molecule has 0 aromatic rings. The first kappa shape index (κ1) is 8.38. The summed E-state index contributed by atoms with van der Waals surface area (Å²) in [5.41, 5.74) is 0. The molecule has 0 aliphatic heterocycles. The van der Waals surface area contributed by atoms with Gasteiger partial charge in [-0.2, -0.15) is 0 Å². The van der Waals surface area contributed by atoms with Gasteiger partial charge in [0.05, 0.1) is 12.4 Å². The van der Waals surface area contributed by atoms with E-state index in [9.17, 15) is 0 Å². The first-order valence-electron chi connectivity index (χ1n) is 4.36. The van der Waals surface area contributed by atoms with E-state index in [1.807, 2.05) is 6.08 Å². The molecule has 0 atom stereocenters. The molecule has 1 aliphatic carbocycles. The molecule has 1 heteroatoms. The Kier molecular flexibility index (Phi) is 3.81. The average Bonchev–Trinajstić information content (AvgIpc) is 1.93. The Morgan fingerprint density at radius 2 is 2.36 bits per heavy atom. The Morgan fingerprint density at radius 3 is 2.91 bits per heavy atom. The molecule has 11 heavy (non-hydrogen) atoms. The SMILES string of the molecule is C=CCCCCOC1=CCC1. The van der Waals surface area contributed by atoms with E-state index in [1.54, 1.807) is 0 Å². The summed E-state index contributed by atoms with van der Waals surface area (Å²) in [5.74, 6) is 1.20. The molecule has 0 bridgehead atoms.